The van der Waals surface area contributed by atoms with Gasteiger partial charge in [0.05, 0.1) is 12.7 Å². The highest BCUT2D eigenvalue weighted by Crippen LogP contribution is 2.02. The van der Waals surface area contributed by atoms with Crippen molar-refractivity contribution in [2.24, 2.45) is 5.11 Å². The molecule has 0 spiro atoms. The van der Waals surface area contributed by atoms with Crippen molar-refractivity contribution in [2.45, 2.75) is 13.5 Å². The van der Waals surface area contributed by atoms with E-state index in [9.17, 15) is 0 Å². The topological polar surface area (TPSA) is 74.8 Å². The van der Waals surface area contributed by atoms with Gasteiger partial charge < -0.3 is 4.42 Å². The number of nitrogens with zero attached hydrogens (tertiary/aromatic N) is 4. The summed E-state index contributed by atoms with van der Waals surface area (Å²) in [6, 6.07) is 0. The fraction of sp³-hybridized carbons (Fsp3) is 0.400. The van der Waals surface area contributed by atoms with Crippen LogP contribution in [0.3, 0.4) is 0 Å². The second kappa shape index (κ2) is 2.89. The third-order valence-corrected chi connectivity index (χ3v) is 0.959. The molecule has 0 bridgehead atoms. The second-order valence-electron chi connectivity index (χ2n) is 1.73. The molecule has 5 heteroatoms. The van der Waals surface area contributed by atoms with Crippen molar-refractivity contribution in [3.63, 3.8) is 0 Å². The van der Waals surface area contributed by atoms with E-state index in [1.54, 1.807) is 13.1 Å². The second-order valence-corrected chi connectivity index (χ2v) is 1.73. The summed E-state index contributed by atoms with van der Waals surface area (Å²) in [5.41, 5.74) is 7.93. The third kappa shape index (κ3) is 1.50. The van der Waals surface area contributed by atoms with Crippen molar-refractivity contribution in [3.05, 3.63) is 28.3 Å². The Kier molecular flexibility index (Phi) is 1.92. The van der Waals surface area contributed by atoms with Crippen LogP contribution in [0.4, 0.5) is 0 Å². The molecule has 0 atom stereocenters. The number of rotatable bonds is 2. The maximum atomic E-state index is 7.93. The molecule has 0 N–H and O–H groups in total. The van der Waals surface area contributed by atoms with Gasteiger partial charge in [0.15, 0.2) is 5.89 Å². The molecule has 0 fully saturated rings. The van der Waals surface area contributed by atoms with Gasteiger partial charge in [0.2, 0.25) is 0 Å². The summed E-state index contributed by atoms with van der Waals surface area (Å²) in [5, 5.41) is 3.30. The summed E-state index contributed by atoms with van der Waals surface area (Å²) in [6.07, 6.45) is 1.55. The highest BCUT2D eigenvalue weighted by atomic mass is 16.4. The first kappa shape index (κ1) is 6.64. The zero-order valence-corrected chi connectivity index (χ0v) is 5.48. The van der Waals surface area contributed by atoms with Crippen LogP contribution in [0, 0.1) is 6.92 Å². The first-order valence-electron chi connectivity index (χ1n) is 2.75. The lowest BCUT2D eigenvalue weighted by molar-refractivity contribution is 0.476. The molecule has 1 aromatic heterocycles. The molecule has 0 aliphatic carbocycles. The van der Waals surface area contributed by atoms with Crippen LogP contribution in [0.1, 0.15) is 11.7 Å². The summed E-state index contributed by atoms with van der Waals surface area (Å²) in [4.78, 5) is 6.40. The normalized spacial score (nSPS) is 8.90. The largest absolute Gasteiger partial charge is 0.446 e. The molecular formula is C5H6N4O. The number of aromatic nitrogens is 1. The van der Waals surface area contributed by atoms with Crippen LogP contribution in [0.25, 0.3) is 10.4 Å². The molecule has 0 aliphatic rings. The minimum Gasteiger partial charge on any atom is -0.446 e. The minimum absolute atomic E-state index is 0.233. The highest BCUT2D eigenvalue weighted by Gasteiger charge is 1.95. The fourth-order valence-electron chi connectivity index (χ4n) is 0.580. The number of hydrogen-bond donors (Lipinski definition) is 0. The molecule has 0 aliphatic heterocycles. The first-order chi connectivity index (χ1) is 4.83. The van der Waals surface area contributed by atoms with Crippen LogP contribution in [0.15, 0.2) is 15.7 Å². The van der Waals surface area contributed by atoms with Gasteiger partial charge in [-0.3, -0.25) is 0 Å². The van der Waals surface area contributed by atoms with Crippen molar-refractivity contribution in [1.29, 1.82) is 0 Å². The van der Waals surface area contributed by atoms with E-state index < -0.39 is 0 Å². The SMILES string of the molecule is Cc1ncc(CN=[N+]=[N-])o1. The van der Waals surface area contributed by atoms with Crippen LogP contribution in [0.2, 0.25) is 0 Å². The Morgan fingerprint density at radius 3 is 3.20 bits per heavy atom. The van der Waals surface area contributed by atoms with Gasteiger partial charge in [0.1, 0.15) is 5.76 Å². The average Bonchev–Trinajstić information content (AvgIpc) is 2.31. The summed E-state index contributed by atoms with van der Waals surface area (Å²) in [5.74, 6) is 1.18. The van der Waals surface area contributed by atoms with Crippen LogP contribution in [-0.2, 0) is 6.54 Å². The molecule has 1 aromatic rings. The fourth-order valence-corrected chi connectivity index (χ4v) is 0.580. The lowest BCUT2D eigenvalue weighted by Crippen LogP contribution is -1.70. The van der Waals surface area contributed by atoms with Crippen molar-refractivity contribution >= 4 is 0 Å². The van der Waals surface area contributed by atoms with Gasteiger partial charge in [0.25, 0.3) is 0 Å². The van der Waals surface area contributed by atoms with E-state index in [0.29, 0.717) is 11.7 Å². The van der Waals surface area contributed by atoms with Crippen LogP contribution < -0.4 is 0 Å². The van der Waals surface area contributed by atoms with E-state index in [1.165, 1.54) is 0 Å². The molecule has 1 rings (SSSR count). The molecule has 52 valence electrons. The molecule has 0 saturated heterocycles. The highest BCUT2D eigenvalue weighted by molar-refractivity contribution is 4.91. The average molecular weight is 138 g/mol. The third-order valence-electron chi connectivity index (χ3n) is 0.959. The predicted octanol–water partition coefficient (Wildman–Crippen LogP) is 1.79. The van der Waals surface area contributed by atoms with Gasteiger partial charge in [-0.1, -0.05) is 5.11 Å². The van der Waals surface area contributed by atoms with Crippen molar-refractivity contribution in [2.75, 3.05) is 0 Å². The molecule has 1 heterocycles. The Hall–Kier alpha value is -1.48. The maximum absolute atomic E-state index is 7.93. The quantitative estimate of drug-likeness (QED) is 0.355. The van der Waals surface area contributed by atoms with Gasteiger partial charge in [-0.05, 0) is 5.53 Å². The van der Waals surface area contributed by atoms with Gasteiger partial charge in [-0.25, -0.2) is 4.98 Å². The van der Waals surface area contributed by atoms with Crippen molar-refractivity contribution < 1.29 is 4.42 Å². The lowest BCUT2D eigenvalue weighted by atomic mass is 10.5. The van der Waals surface area contributed by atoms with E-state index in [2.05, 4.69) is 15.0 Å². The molecular weight excluding hydrogens is 132 g/mol. The Balaban J connectivity index is 2.66. The van der Waals surface area contributed by atoms with Gasteiger partial charge in [0, 0.05) is 11.8 Å². The van der Waals surface area contributed by atoms with Crippen LogP contribution in [0.5, 0.6) is 0 Å². The summed E-state index contributed by atoms with van der Waals surface area (Å²) in [7, 11) is 0. The molecule has 0 amide bonds. The first-order valence-corrected chi connectivity index (χ1v) is 2.75. The maximum Gasteiger partial charge on any atom is 0.191 e. The zero-order chi connectivity index (χ0) is 7.40. The summed E-state index contributed by atoms with van der Waals surface area (Å²) < 4.78 is 5.01. The zero-order valence-electron chi connectivity index (χ0n) is 5.48. The Morgan fingerprint density at radius 1 is 1.90 bits per heavy atom. The van der Waals surface area contributed by atoms with E-state index >= 15 is 0 Å². The number of azide groups is 1. The lowest BCUT2D eigenvalue weighted by Gasteiger charge is -1.81. The van der Waals surface area contributed by atoms with Gasteiger partial charge in [-0.15, -0.1) is 0 Å². The van der Waals surface area contributed by atoms with Crippen molar-refractivity contribution in [3.8, 4) is 0 Å². The van der Waals surface area contributed by atoms with Crippen molar-refractivity contribution in [1.82, 2.24) is 4.98 Å². The van der Waals surface area contributed by atoms with E-state index in [0.717, 1.165) is 0 Å². The molecule has 0 radical (unpaired) electrons. The predicted molar refractivity (Wildman–Crippen MR) is 34.1 cm³/mol. The van der Waals surface area contributed by atoms with E-state index in [1.807, 2.05) is 0 Å². The molecule has 10 heavy (non-hydrogen) atoms. The Morgan fingerprint density at radius 2 is 2.70 bits per heavy atom. The summed E-state index contributed by atoms with van der Waals surface area (Å²) >= 11 is 0. The van der Waals surface area contributed by atoms with E-state index in [4.69, 9.17) is 9.95 Å². The molecule has 0 unspecified atom stereocenters. The monoisotopic (exact) mass is 138 g/mol. The molecule has 0 aromatic carbocycles. The summed E-state index contributed by atoms with van der Waals surface area (Å²) in [6.45, 7) is 1.97. The Bertz CT molecular complexity index is 260. The standard InChI is InChI=1S/C5H6N4O/c1-4-7-2-5(10-4)3-8-9-6/h2H,3H2,1H3. The van der Waals surface area contributed by atoms with Gasteiger partial charge in [-0.2, -0.15) is 0 Å². The Labute approximate surface area is 57.3 Å². The van der Waals surface area contributed by atoms with Gasteiger partial charge >= 0.3 is 0 Å². The van der Waals surface area contributed by atoms with Crippen LogP contribution in [-0.4, -0.2) is 4.98 Å². The smallest absolute Gasteiger partial charge is 0.191 e. The number of hydrogen-bond acceptors (Lipinski definition) is 3. The number of aryl methyl sites for hydroxylation is 1. The van der Waals surface area contributed by atoms with E-state index in [-0.39, 0.29) is 6.54 Å². The number of oxazole rings is 1. The molecule has 0 saturated carbocycles. The van der Waals surface area contributed by atoms with Crippen LogP contribution >= 0.6 is 0 Å². The molecule has 5 nitrogen and oxygen atoms in total. The minimum atomic E-state index is 0.233.